The summed E-state index contributed by atoms with van der Waals surface area (Å²) < 4.78 is 11.2. The molecule has 1 saturated heterocycles. The Morgan fingerprint density at radius 3 is 2.60 bits per heavy atom. The molecule has 1 aliphatic rings. The molecular weight excluding hydrogens is 424 g/mol. The minimum Gasteiger partial charge on any atom is -0.496 e. The number of hydrogen-bond donors (Lipinski definition) is 1. The van der Waals surface area contributed by atoms with Gasteiger partial charge in [0.2, 0.25) is 0 Å². The zero-order valence-corrected chi connectivity index (χ0v) is 17.8. The van der Waals surface area contributed by atoms with Crippen molar-refractivity contribution in [2.24, 2.45) is 0 Å². The largest absolute Gasteiger partial charge is 0.496 e. The Kier molecular flexibility index (Phi) is 6.87. The van der Waals surface area contributed by atoms with Crippen LogP contribution < -0.4 is 14.8 Å². The van der Waals surface area contributed by atoms with Gasteiger partial charge < -0.3 is 9.47 Å². The van der Waals surface area contributed by atoms with Crippen LogP contribution in [0.25, 0.3) is 6.08 Å². The Bertz CT molecular complexity index is 1030. The summed E-state index contributed by atoms with van der Waals surface area (Å²) in [6.07, 6.45) is 3.06. The van der Waals surface area contributed by atoms with Crippen molar-refractivity contribution >= 4 is 46.8 Å². The summed E-state index contributed by atoms with van der Waals surface area (Å²) >= 11 is 11.0. The molecule has 0 atom stereocenters. The van der Waals surface area contributed by atoms with Crippen LogP contribution in [0.1, 0.15) is 11.1 Å². The van der Waals surface area contributed by atoms with E-state index in [1.54, 1.807) is 55.7 Å². The Morgan fingerprint density at radius 1 is 1.20 bits per heavy atom. The van der Waals surface area contributed by atoms with Crippen molar-refractivity contribution in [2.75, 3.05) is 13.7 Å². The van der Waals surface area contributed by atoms with Crippen LogP contribution in [0.2, 0.25) is 5.02 Å². The minimum atomic E-state index is -0.542. The molecule has 6 nitrogen and oxygen atoms in total. The number of carbonyl (C=O) groups is 2. The third kappa shape index (κ3) is 4.87. The van der Waals surface area contributed by atoms with Crippen LogP contribution in [-0.4, -0.2) is 35.5 Å². The van der Waals surface area contributed by atoms with Gasteiger partial charge in [-0.25, -0.2) is 0 Å². The lowest BCUT2D eigenvalue weighted by atomic mass is 10.0. The zero-order valence-electron chi connectivity index (χ0n) is 16.2. The summed E-state index contributed by atoms with van der Waals surface area (Å²) in [4.78, 5) is 26.3. The lowest BCUT2D eigenvalue weighted by Crippen LogP contribution is -2.53. The van der Waals surface area contributed by atoms with Crippen LogP contribution in [0, 0.1) is 0 Å². The number of carbonyl (C=O) groups excluding carboxylic acids is 2. The van der Waals surface area contributed by atoms with E-state index in [1.807, 2.05) is 0 Å². The highest BCUT2D eigenvalue weighted by Crippen LogP contribution is 2.25. The standard InChI is InChI=1S/C22H19ClN2O4S/c1-3-10-25-21(27)18(20(26)24-22(25)30)12-14-4-9-19(28-2)15(11-14)13-29-17-7-5-16(23)6-8-17/h3-9,11-12H,1,10,13H2,2H3,(H,24,26,30)/b18-12+. The SMILES string of the molecule is C=CCN1C(=O)/C(=C/c2ccc(OC)c(COc3ccc(Cl)cc3)c2)C(=O)NC1=S. The number of ether oxygens (including phenoxy) is 2. The molecule has 0 spiro atoms. The summed E-state index contributed by atoms with van der Waals surface area (Å²) in [5.74, 6) is 0.263. The Morgan fingerprint density at radius 2 is 1.93 bits per heavy atom. The molecule has 0 unspecified atom stereocenters. The fourth-order valence-corrected chi connectivity index (χ4v) is 3.22. The first-order valence-corrected chi connectivity index (χ1v) is 9.76. The smallest absolute Gasteiger partial charge is 0.265 e. The summed E-state index contributed by atoms with van der Waals surface area (Å²) in [5.41, 5.74) is 1.39. The molecular formula is C22H19ClN2O4S. The maximum atomic E-state index is 12.7. The predicted octanol–water partition coefficient (Wildman–Crippen LogP) is 3.74. The fourth-order valence-electron chi connectivity index (χ4n) is 2.85. The number of nitrogens with zero attached hydrogens (tertiary/aromatic N) is 1. The molecule has 154 valence electrons. The average Bonchev–Trinajstić information content (AvgIpc) is 2.74. The van der Waals surface area contributed by atoms with E-state index in [4.69, 9.17) is 33.3 Å². The molecule has 0 aliphatic carbocycles. The molecule has 1 aliphatic heterocycles. The highest BCUT2D eigenvalue weighted by Gasteiger charge is 2.32. The van der Waals surface area contributed by atoms with Crippen molar-refractivity contribution in [3.63, 3.8) is 0 Å². The molecule has 0 radical (unpaired) electrons. The second-order valence-corrected chi connectivity index (χ2v) is 7.16. The molecule has 2 aromatic carbocycles. The third-order valence-corrected chi connectivity index (χ3v) is 4.90. The molecule has 0 aromatic heterocycles. The second kappa shape index (κ2) is 9.56. The number of hydrogen-bond acceptors (Lipinski definition) is 5. The van der Waals surface area contributed by atoms with E-state index in [0.717, 1.165) is 5.56 Å². The van der Waals surface area contributed by atoms with Gasteiger partial charge in [-0.2, -0.15) is 0 Å². The van der Waals surface area contributed by atoms with E-state index in [2.05, 4.69) is 11.9 Å². The highest BCUT2D eigenvalue weighted by atomic mass is 35.5. The predicted molar refractivity (Wildman–Crippen MR) is 119 cm³/mol. The number of nitrogens with one attached hydrogen (secondary N) is 1. The molecule has 1 N–H and O–H groups in total. The maximum absolute atomic E-state index is 12.7. The quantitative estimate of drug-likeness (QED) is 0.306. The number of halogens is 1. The van der Waals surface area contributed by atoms with E-state index >= 15 is 0 Å². The van der Waals surface area contributed by atoms with Crippen molar-refractivity contribution < 1.29 is 19.1 Å². The lowest BCUT2D eigenvalue weighted by molar-refractivity contribution is -0.128. The average molecular weight is 443 g/mol. The summed E-state index contributed by atoms with van der Waals surface area (Å²) in [6, 6.07) is 12.3. The van der Waals surface area contributed by atoms with Crippen LogP contribution >= 0.6 is 23.8 Å². The minimum absolute atomic E-state index is 0.0137. The van der Waals surface area contributed by atoms with Gasteiger partial charge in [-0.1, -0.05) is 23.7 Å². The van der Waals surface area contributed by atoms with Gasteiger partial charge in [0.15, 0.2) is 5.11 Å². The Labute approximate surface area is 184 Å². The fraction of sp³-hybridized carbons (Fsp3) is 0.136. The molecule has 1 heterocycles. The van der Waals surface area contributed by atoms with E-state index in [9.17, 15) is 9.59 Å². The van der Waals surface area contributed by atoms with Crippen molar-refractivity contribution in [1.29, 1.82) is 0 Å². The van der Waals surface area contributed by atoms with Gasteiger partial charge in [-0.3, -0.25) is 19.8 Å². The van der Waals surface area contributed by atoms with Crippen molar-refractivity contribution in [2.45, 2.75) is 6.61 Å². The first-order valence-electron chi connectivity index (χ1n) is 8.98. The van der Waals surface area contributed by atoms with Crippen LogP contribution in [0.3, 0.4) is 0 Å². The highest BCUT2D eigenvalue weighted by molar-refractivity contribution is 7.80. The van der Waals surface area contributed by atoms with Crippen LogP contribution in [0.5, 0.6) is 11.5 Å². The van der Waals surface area contributed by atoms with Gasteiger partial charge in [0.05, 0.1) is 7.11 Å². The van der Waals surface area contributed by atoms with Gasteiger partial charge in [0.25, 0.3) is 11.8 Å². The molecule has 0 saturated carbocycles. The number of thiocarbonyl (C=S) groups is 1. The molecule has 2 aromatic rings. The molecule has 0 bridgehead atoms. The van der Waals surface area contributed by atoms with Gasteiger partial charge in [0, 0.05) is 17.1 Å². The van der Waals surface area contributed by atoms with E-state index in [-0.39, 0.29) is 23.8 Å². The topological polar surface area (TPSA) is 67.9 Å². The number of methoxy groups -OCH3 is 1. The lowest BCUT2D eigenvalue weighted by Gasteiger charge is -2.27. The number of rotatable bonds is 7. The van der Waals surface area contributed by atoms with Gasteiger partial charge >= 0.3 is 0 Å². The van der Waals surface area contributed by atoms with Crippen LogP contribution in [0.15, 0.2) is 60.7 Å². The van der Waals surface area contributed by atoms with Gasteiger partial charge in [-0.05, 0) is 60.3 Å². The first-order chi connectivity index (χ1) is 14.4. The van der Waals surface area contributed by atoms with Crippen molar-refractivity contribution in [3.8, 4) is 11.5 Å². The Hall–Kier alpha value is -3.16. The summed E-state index contributed by atoms with van der Waals surface area (Å²) in [7, 11) is 1.56. The van der Waals surface area contributed by atoms with E-state index in [1.165, 1.54) is 11.0 Å². The van der Waals surface area contributed by atoms with Gasteiger partial charge in [0.1, 0.15) is 23.7 Å². The van der Waals surface area contributed by atoms with Gasteiger partial charge in [-0.15, -0.1) is 6.58 Å². The first kappa shape index (κ1) is 21.5. The van der Waals surface area contributed by atoms with E-state index in [0.29, 0.717) is 22.1 Å². The molecule has 2 amide bonds. The Balaban J connectivity index is 1.86. The number of amides is 2. The summed E-state index contributed by atoms with van der Waals surface area (Å²) in [6.45, 7) is 4.05. The normalized spacial score (nSPS) is 15.2. The number of benzene rings is 2. The zero-order chi connectivity index (χ0) is 21.7. The second-order valence-electron chi connectivity index (χ2n) is 6.34. The molecule has 3 rings (SSSR count). The van der Waals surface area contributed by atoms with Crippen molar-refractivity contribution in [3.05, 3.63) is 76.8 Å². The molecule has 1 fully saturated rings. The monoisotopic (exact) mass is 442 g/mol. The van der Waals surface area contributed by atoms with Crippen LogP contribution in [0.4, 0.5) is 0 Å². The molecule has 8 heteroatoms. The summed E-state index contributed by atoms with van der Waals surface area (Å²) in [5, 5.41) is 3.21. The van der Waals surface area contributed by atoms with Crippen molar-refractivity contribution in [1.82, 2.24) is 10.2 Å². The van der Waals surface area contributed by atoms with E-state index < -0.39 is 11.8 Å². The van der Waals surface area contributed by atoms with Crippen LogP contribution in [-0.2, 0) is 16.2 Å². The maximum Gasteiger partial charge on any atom is 0.265 e. The molecule has 30 heavy (non-hydrogen) atoms. The third-order valence-electron chi connectivity index (χ3n) is 4.32.